The van der Waals surface area contributed by atoms with E-state index < -0.39 is 6.04 Å². The van der Waals surface area contributed by atoms with E-state index in [1.54, 1.807) is 42.5 Å². The van der Waals surface area contributed by atoms with Crippen LogP contribution in [0, 0.1) is 11.3 Å². The predicted molar refractivity (Wildman–Crippen MR) is 106 cm³/mol. The molecule has 0 radical (unpaired) electrons. The van der Waals surface area contributed by atoms with Crippen LogP contribution in [0.5, 0.6) is 11.5 Å². The molecule has 1 fully saturated rings. The summed E-state index contributed by atoms with van der Waals surface area (Å²) < 4.78 is 10.8. The summed E-state index contributed by atoms with van der Waals surface area (Å²) in [7, 11) is 1.53. The van der Waals surface area contributed by atoms with Gasteiger partial charge in [-0.15, -0.1) is 11.8 Å². The normalized spacial score (nSPS) is 15.6. The number of ether oxygens (including phenoxy) is 2. The molecule has 7 nitrogen and oxygen atoms in total. The van der Waals surface area contributed by atoms with Crippen molar-refractivity contribution in [2.45, 2.75) is 6.04 Å². The van der Waals surface area contributed by atoms with Crippen molar-refractivity contribution in [1.82, 2.24) is 4.90 Å². The molecule has 2 amide bonds. The summed E-state index contributed by atoms with van der Waals surface area (Å²) in [5.74, 6) is 1.43. The zero-order valence-electron chi connectivity index (χ0n) is 15.3. The molecule has 1 heterocycles. The molecule has 2 aromatic carbocycles. The lowest BCUT2D eigenvalue weighted by Gasteiger charge is -2.23. The monoisotopic (exact) mass is 397 g/mol. The van der Waals surface area contributed by atoms with Gasteiger partial charge in [0.2, 0.25) is 5.91 Å². The van der Waals surface area contributed by atoms with Gasteiger partial charge in [0.25, 0.3) is 5.91 Å². The number of nitrogens with zero attached hydrogens (tertiary/aromatic N) is 2. The molecule has 0 aromatic heterocycles. The predicted octanol–water partition coefficient (Wildman–Crippen LogP) is 2.49. The number of rotatable bonds is 6. The third-order valence-electron chi connectivity index (χ3n) is 4.21. The SMILES string of the molecule is COc1ccccc1OCC(=O)N1CSC[C@@H]1C(=O)Nc1ccc(C#N)cc1. The fourth-order valence-electron chi connectivity index (χ4n) is 2.72. The maximum atomic E-state index is 12.6. The van der Waals surface area contributed by atoms with Crippen molar-refractivity contribution in [2.75, 3.05) is 30.7 Å². The van der Waals surface area contributed by atoms with E-state index in [-0.39, 0.29) is 18.4 Å². The van der Waals surface area contributed by atoms with Gasteiger partial charge in [0.15, 0.2) is 18.1 Å². The van der Waals surface area contributed by atoms with Crippen LogP contribution in [0.3, 0.4) is 0 Å². The number of benzene rings is 2. The average molecular weight is 397 g/mol. The minimum atomic E-state index is -0.575. The Morgan fingerprint density at radius 3 is 2.61 bits per heavy atom. The van der Waals surface area contributed by atoms with E-state index in [4.69, 9.17) is 14.7 Å². The minimum Gasteiger partial charge on any atom is -0.493 e. The Kier molecular flexibility index (Phi) is 6.40. The van der Waals surface area contributed by atoms with Crippen LogP contribution in [-0.4, -0.2) is 48.1 Å². The van der Waals surface area contributed by atoms with E-state index in [1.165, 1.54) is 23.8 Å². The molecule has 1 N–H and O–H groups in total. The van der Waals surface area contributed by atoms with Gasteiger partial charge in [-0.3, -0.25) is 9.59 Å². The Hall–Kier alpha value is -3.18. The summed E-state index contributed by atoms with van der Waals surface area (Å²) in [6.07, 6.45) is 0. The van der Waals surface area contributed by atoms with Crippen molar-refractivity contribution in [3.8, 4) is 17.6 Å². The molecule has 28 heavy (non-hydrogen) atoms. The number of thioether (sulfide) groups is 1. The molecule has 1 aliphatic rings. The number of anilines is 1. The van der Waals surface area contributed by atoms with Crippen LogP contribution in [-0.2, 0) is 9.59 Å². The third kappa shape index (κ3) is 4.56. The molecular weight excluding hydrogens is 378 g/mol. The molecule has 3 rings (SSSR count). The number of hydrogen-bond acceptors (Lipinski definition) is 6. The Morgan fingerprint density at radius 2 is 1.93 bits per heavy atom. The van der Waals surface area contributed by atoms with Crippen molar-refractivity contribution >= 4 is 29.3 Å². The smallest absolute Gasteiger partial charge is 0.261 e. The maximum Gasteiger partial charge on any atom is 0.261 e. The minimum absolute atomic E-state index is 0.179. The zero-order chi connectivity index (χ0) is 19.9. The first-order valence-electron chi connectivity index (χ1n) is 8.56. The Bertz CT molecular complexity index is 895. The highest BCUT2D eigenvalue weighted by Gasteiger charge is 2.34. The molecule has 8 heteroatoms. The van der Waals surface area contributed by atoms with Crippen LogP contribution in [0.4, 0.5) is 5.69 Å². The highest BCUT2D eigenvalue weighted by molar-refractivity contribution is 7.99. The molecule has 144 valence electrons. The first-order chi connectivity index (χ1) is 13.6. The highest BCUT2D eigenvalue weighted by Crippen LogP contribution is 2.27. The van der Waals surface area contributed by atoms with Crippen LogP contribution in [0.2, 0.25) is 0 Å². The quantitative estimate of drug-likeness (QED) is 0.805. The lowest BCUT2D eigenvalue weighted by Crippen LogP contribution is -2.46. The molecule has 0 unspecified atom stereocenters. The van der Waals surface area contributed by atoms with Gasteiger partial charge in [0.1, 0.15) is 6.04 Å². The van der Waals surface area contributed by atoms with Gasteiger partial charge in [-0.05, 0) is 36.4 Å². The molecule has 0 spiro atoms. The Balaban J connectivity index is 1.60. The standard InChI is InChI=1S/C20H19N3O4S/c1-26-17-4-2-3-5-18(17)27-11-19(24)23-13-28-12-16(23)20(25)22-15-8-6-14(10-21)7-9-15/h2-9,16H,11-13H2,1H3,(H,22,25)/t16-/m1/s1. The van der Waals surface area contributed by atoms with E-state index in [1.807, 2.05) is 12.1 Å². The van der Waals surface area contributed by atoms with Gasteiger partial charge in [-0.2, -0.15) is 5.26 Å². The van der Waals surface area contributed by atoms with Crippen LogP contribution in [0.25, 0.3) is 0 Å². The number of hydrogen-bond donors (Lipinski definition) is 1. The number of carbonyl (C=O) groups is 2. The maximum absolute atomic E-state index is 12.6. The number of methoxy groups -OCH3 is 1. The van der Waals surface area contributed by atoms with Gasteiger partial charge in [0, 0.05) is 11.4 Å². The Labute approximate surface area is 167 Å². The van der Waals surface area contributed by atoms with Crippen molar-refractivity contribution in [3.05, 3.63) is 54.1 Å². The molecule has 0 bridgehead atoms. The van der Waals surface area contributed by atoms with Crippen LogP contribution in [0.1, 0.15) is 5.56 Å². The number of para-hydroxylation sites is 2. The first-order valence-corrected chi connectivity index (χ1v) is 9.72. The fraction of sp³-hybridized carbons (Fsp3) is 0.250. The first kappa shape index (κ1) is 19.6. The molecule has 2 aromatic rings. The fourth-order valence-corrected chi connectivity index (χ4v) is 3.90. The summed E-state index contributed by atoms with van der Waals surface area (Å²) >= 11 is 1.51. The topological polar surface area (TPSA) is 91.7 Å². The van der Waals surface area contributed by atoms with E-state index in [0.29, 0.717) is 34.4 Å². The second-order valence-electron chi connectivity index (χ2n) is 6.00. The molecular formula is C20H19N3O4S. The van der Waals surface area contributed by atoms with E-state index in [9.17, 15) is 9.59 Å². The summed E-state index contributed by atoms with van der Waals surface area (Å²) in [6.45, 7) is -0.179. The zero-order valence-corrected chi connectivity index (χ0v) is 16.1. The van der Waals surface area contributed by atoms with E-state index in [2.05, 4.69) is 5.32 Å². The van der Waals surface area contributed by atoms with Gasteiger partial charge < -0.3 is 19.7 Å². The lowest BCUT2D eigenvalue weighted by atomic mass is 10.2. The van der Waals surface area contributed by atoms with Gasteiger partial charge in [-0.1, -0.05) is 12.1 Å². The summed E-state index contributed by atoms with van der Waals surface area (Å²) in [5.41, 5.74) is 1.10. The van der Waals surface area contributed by atoms with Crippen molar-refractivity contribution in [3.63, 3.8) is 0 Å². The number of carbonyl (C=O) groups excluding carboxylic acids is 2. The van der Waals surface area contributed by atoms with Crippen LogP contribution in [0.15, 0.2) is 48.5 Å². The third-order valence-corrected chi connectivity index (χ3v) is 5.22. The Morgan fingerprint density at radius 1 is 1.21 bits per heavy atom. The lowest BCUT2D eigenvalue weighted by molar-refractivity contribution is -0.137. The molecule has 1 atom stereocenters. The van der Waals surface area contributed by atoms with Gasteiger partial charge in [0.05, 0.1) is 24.6 Å². The molecule has 1 aliphatic heterocycles. The summed E-state index contributed by atoms with van der Waals surface area (Å²) in [4.78, 5) is 26.7. The highest BCUT2D eigenvalue weighted by atomic mass is 32.2. The van der Waals surface area contributed by atoms with Crippen LogP contribution < -0.4 is 14.8 Å². The summed E-state index contributed by atoms with van der Waals surface area (Å²) in [5, 5.41) is 11.6. The van der Waals surface area contributed by atoms with Crippen molar-refractivity contribution < 1.29 is 19.1 Å². The summed E-state index contributed by atoms with van der Waals surface area (Å²) in [6, 6.07) is 15.1. The second-order valence-corrected chi connectivity index (χ2v) is 7.00. The van der Waals surface area contributed by atoms with Crippen LogP contribution >= 0.6 is 11.8 Å². The van der Waals surface area contributed by atoms with Gasteiger partial charge >= 0.3 is 0 Å². The number of nitriles is 1. The molecule has 1 saturated heterocycles. The van der Waals surface area contributed by atoms with Gasteiger partial charge in [-0.25, -0.2) is 0 Å². The van der Waals surface area contributed by atoms with E-state index >= 15 is 0 Å². The second kappa shape index (κ2) is 9.15. The van der Waals surface area contributed by atoms with Crippen molar-refractivity contribution in [2.24, 2.45) is 0 Å². The number of nitrogens with one attached hydrogen (secondary N) is 1. The van der Waals surface area contributed by atoms with E-state index in [0.717, 1.165) is 0 Å². The molecule has 0 saturated carbocycles. The molecule has 0 aliphatic carbocycles. The van der Waals surface area contributed by atoms with Crippen molar-refractivity contribution in [1.29, 1.82) is 5.26 Å². The number of amides is 2. The largest absolute Gasteiger partial charge is 0.493 e. The average Bonchev–Trinajstić information content (AvgIpc) is 3.23.